The third-order valence-corrected chi connectivity index (χ3v) is 7.45. The number of carbonyl (C=O) groups excluding carboxylic acids is 3. The summed E-state index contributed by atoms with van der Waals surface area (Å²) in [6, 6.07) is 10.5. The van der Waals surface area contributed by atoms with Crippen LogP contribution in [0.15, 0.2) is 47.4 Å². The highest BCUT2D eigenvalue weighted by Gasteiger charge is 2.37. The molecule has 0 spiro atoms. The molecule has 0 unspecified atom stereocenters. The van der Waals surface area contributed by atoms with E-state index in [1.54, 1.807) is 30.3 Å². The van der Waals surface area contributed by atoms with Crippen molar-refractivity contribution in [3.63, 3.8) is 0 Å². The lowest BCUT2D eigenvalue weighted by Gasteiger charge is -2.43. The van der Waals surface area contributed by atoms with Crippen LogP contribution in [0.25, 0.3) is 11.6 Å². The van der Waals surface area contributed by atoms with Gasteiger partial charge in [0.05, 0.1) is 10.4 Å². The Hall–Kier alpha value is -2.74. The maximum Gasteiger partial charge on any atom is 0.294 e. The predicted octanol–water partition coefficient (Wildman–Crippen LogP) is 6.69. The van der Waals surface area contributed by atoms with Crippen molar-refractivity contribution in [1.82, 2.24) is 4.90 Å². The number of amides is 3. The maximum absolute atomic E-state index is 13.0. The highest BCUT2D eigenvalue weighted by molar-refractivity contribution is 8.18. The van der Waals surface area contributed by atoms with Crippen molar-refractivity contribution in [2.75, 3.05) is 23.3 Å². The summed E-state index contributed by atoms with van der Waals surface area (Å²) in [5.74, 6) is -1.02. The van der Waals surface area contributed by atoms with Gasteiger partial charge in [0.2, 0.25) is 5.91 Å². The van der Waals surface area contributed by atoms with E-state index in [9.17, 15) is 14.4 Å². The Morgan fingerprint density at radius 3 is 2.60 bits per heavy atom. The number of likely N-dealkylation sites (N-methyl/N-ethyl adjacent to an activating group) is 1. The largest absolute Gasteiger partial charge is 0.363 e. The molecule has 9 heteroatoms. The molecule has 2 heterocycles. The van der Waals surface area contributed by atoms with E-state index in [-0.39, 0.29) is 10.4 Å². The lowest BCUT2D eigenvalue weighted by atomic mass is 9.88. The van der Waals surface area contributed by atoms with Crippen LogP contribution in [0.2, 0.25) is 10.0 Å². The Balaban J connectivity index is 1.57. The van der Waals surface area contributed by atoms with Gasteiger partial charge in [0.25, 0.3) is 11.1 Å². The summed E-state index contributed by atoms with van der Waals surface area (Å²) < 4.78 is 0. The molecule has 182 valence electrons. The molecule has 0 saturated carbocycles. The van der Waals surface area contributed by atoms with Gasteiger partial charge in [-0.3, -0.25) is 19.3 Å². The van der Waals surface area contributed by atoms with E-state index < -0.39 is 23.6 Å². The van der Waals surface area contributed by atoms with E-state index >= 15 is 0 Å². The van der Waals surface area contributed by atoms with E-state index in [4.69, 9.17) is 23.2 Å². The van der Waals surface area contributed by atoms with Crippen molar-refractivity contribution >= 4 is 75.0 Å². The van der Waals surface area contributed by atoms with Gasteiger partial charge in [-0.1, -0.05) is 35.3 Å². The molecule has 2 aliphatic heterocycles. The van der Waals surface area contributed by atoms with Crippen LogP contribution in [-0.4, -0.2) is 40.6 Å². The van der Waals surface area contributed by atoms with Crippen LogP contribution in [-0.2, 0) is 9.59 Å². The number of thioether (sulfide) groups is 1. The summed E-state index contributed by atoms with van der Waals surface area (Å²) in [5.41, 5.74) is 4.16. The number of imide groups is 1. The summed E-state index contributed by atoms with van der Waals surface area (Å²) in [6.45, 7) is 8.88. The van der Waals surface area contributed by atoms with Gasteiger partial charge in [-0.15, -0.1) is 0 Å². The molecule has 0 bridgehead atoms. The molecular weight excluding hydrogens is 505 g/mol. The summed E-state index contributed by atoms with van der Waals surface area (Å²) in [6.07, 6.45) is 3.83. The molecule has 3 amide bonds. The predicted molar refractivity (Wildman–Crippen MR) is 145 cm³/mol. The van der Waals surface area contributed by atoms with Gasteiger partial charge in [0, 0.05) is 33.5 Å². The quantitative estimate of drug-likeness (QED) is 0.436. The Morgan fingerprint density at radius 1 is 1.17 bits per heavy atom. The van der Waals surface area contributed by atoms with Gasteiger partial charge in [0.15, 0.2) is 0 Å². The molecule has 1 N–H and O–H groups in total. The highest BCUT2D eigenvalue weighted by Crippen LogP contribution is 2.42. The molecule has 2 aromatic rings. The molecule has 4 rings (SSSR count). The first-order chi connectivity index (χ1) is 16.5. The standard InChI is InChI=1S/C26H25Cl2N3O3S/c1-5-31-21-12-20(28)16(9-19(21)15(2)13-26(31,3)4)10-22-24(33)30(25(34)35-22)14-23(32)29-18-8-6-7-17(27)11-18/h6-13H,5,14H2,1-4H3,(H,29,32)/b22-10+. The first kappa shape index (κ1) is 25.4. The number of hydrogen-bond donors (Lipinski definition) is 1. The van der Waals surface area contributed by atoms with Gasteiger partial charge in [-0.05, 0) is 87.0 Å². The van der Waals surface area contributed by atoms with Gasteiger partial charge in [0.1, 0.15) is 6.54 Å². The summed E-state index contributed by atoms with van der Waals surface area (Å²) in [7, 11) is 0. The average molecular weight is 530 g/mol. The lowest BCUT2D eigenvalue weighted by Crippen LogP contribution is -2.44. The third kappa shape index (κ3) is 5.13. The molecular formula is C26H25Cl2N3O3S. The second kappa shape index (κ2) is 9.72. The number of rotatable bonds is 5. The van der Waals surface area contributed by atoms with Gasteiger partial charge in [-0.25, -0.2) is 0 Å². The molecule has 2 aliphatic rings. The van der Waals surface area contributed by atoms with Crippen molar-refractivity contribution in [2.24, 2.45) is 0 Å². The minimum absolute atomic E-state index is 0.148. The van der Waals surface area contributed by atoms with Gasteiger partial charge in [-0.2, -0.15) is 0 Å². The monoisotopic (exact) mass is 529 g/mol. The fourth-order valence-electron chi connectivity index (χ4n) is 4.49. The second-order valence-electron chi connectivity index (χ2n) is 8.94. The number of halogens is 2. The van der Waals surface area contributed by atoms with Gasteiger partial charge < -0.3 is 10.2 Å². The fraction of sp³-hybridized carbons (Fsp3) is 0.269. The van der Waals surface area contributed by atoms with Gasteiger partial charge >= 0.3 is 0 Å². The topological polar surface area (TPSA) is 69.7 Å². The molecule has 0 aromatic heterocycles. The van der Waals surface area contributed by atoms with E-state index in [1.165, 1.54) is 0 Å². The third-order valence-electron chi connectivity index (χ3n) is 5.98. The van der Waals surface area contributed by atoms with E-state index in [2.05, 4.69) is 44.0 Å². The number of benzene rings is 2. The Morgan fingerprint density at radius 2 is 1.91 bits per heavy atom. The number of carbonyl (C=O) groups is 3. The molecule has 0 aliphatic carbocycles. The zero-order valence-electron chi connectivity index (χ0n) is 19.8. The van der Waals surface area contributed by atoms with E-state index in [0.29, 0.717) is 21.3 Å². The minimum Gasteiger partial charge on any atom is -0.363 e. The number of allylic oxidation sites excluding steroid dienone is 1. The average Bonchev–Trinajstić information content (AvgIpc) is 3.02. The molecule has 0 atom stereocenters. The van der Waals surface area contributed by atoms with Crippen LogP contribution in [0, 0.1) is 0 Å². The highest BCUT2D eigenvalue weighted by atomic mass is 35.5. The van der Waals surface area contributed by atoms with Crippen molar-refractivity contribution in [3.8, 4) is 0 Å². The van der Waals surface area contributed by atoms with Crippen LogP contribution < -0.4 is 10.2 Å². The van der Waals surface area contributed by atoms with E-state index in [0.717, 1.165) is 40.0 Å². The Labute approximate surface area is 218 Å². The first-order valence-electron chi connectivity index (χ1n) is 11.1. The lowest BCUT2D eigenvalue weighted by molar-refractivity contribution is -0.127. The zero-order valence-corrected chi connectivity index (χ0v) is 22.1. The molecule has 6 nitrogen and oxygen atoms in total. The van der Waals surface area contributed by atoms with Crippen molar-refractivity contribution in [3.05, 3.63) is 68.6 Å². The molecule has 0 radical (unpaired) electrons. The SMILES string of the molecule is CCN1c2cc(Cl)c(/C=C3/SC(=O)N(CC(=O)Nc4cccc(Cl)c4)C3=O)cc2C(C)=CC1(C)C. The number of fused-ring (bicyclic) bond motifs is 1. The van der Waals surface area contributed by atoms with Crippen molar-refractivity contribution < 1.29 is 14.4 Å². The van der Waals surface area contributed by atoms with Crippen LogP contribution in [0.1, 0.15) is 38.8 Å². The van der Waals surface area contributed by atoms with Crippen LogP contribution >= 0.6 is 35.0 Å². The summed E-state index contributed by atoms with van der Waals surface area (Å²) >= 11 is 13.4. The summed E-state index contributed by atoms with van der Waals surface area (Å²) in [5, 5.41) is 3.09. The van der Waals surface area contributed by atoms with Crippen LogP contribution in [0.4, 0.5) is 16.2 Å². The number of nitrogens with one attached hydrogen (secondary N) is 1. The fourth-order valence-corrected chi connectivity index (χ4v) is 5.72. The molecule has 35 heavy (non-hydrogen) atoms. The van der Waals surface area contributed by atoms with Crippen molar-refractivity contribution in [1.29, 1.82) is 0 Å². The number of nitrogens with zero attached hydrogens (tertiary/aromatic N) is 2. The molecule has 1 saturated heterocycles. The zero-order chi connectivity index (χ0) is 25.5. The number of anilines is 2. The minimum atomic E-state index is -0.529. The molecule has 2 aromatic carbocycles. The van der Waals surface area contributed by atoms with Crippen LogP contribution in [0.5, 0.6) is 0 Å². The number of hydrogen-bond acceptors (Lipinski definition) is 5. The molecule has 1 fully saturated rings. The Bertz CT molecular complexity index is 1300. The van der Waals surface area contributed by atoms with Crippen LogP contribution in [0.3, 0.4) is 0 Å². The smallest absolute Gasteiger partial charge is 0.294 e. The van der Waals surface area contributed by atoms with Crippen molar-refractivity contribution in [2.45, 2.75) is 33.2 Å². The maximum atomic E-state index is 13.0. The first-order valence-corrected chi connectivity index (χ1v) is 12.7. The van der Waals surface area contributed by atoms with E-state index in [1.807, 2.05) is 12.1 Å². The summed E-state index contributed by atoms with van der Waals surface area (Å²) in [4.78, 5) is 41.3. The Kier molecular flexibility index (Phi) is 7.04. The normalized spacial score (nSPS) is 18.1. The second-order valence-corrected chi connectivity index (χ2v) is 10.8.